The van der Waals surface area contributed by atoms with Crippen molar-refractivity contribution in [1.29, 1.82) is 0 Å². The zero-order chi connectivity index (χ0) is 12.4. The predicted octanol–water partition coefficient (Wildman–Crippen LogP) is 2.33. The summed E-state index contributed by atoms with van der Waals surface area (Å²) < 4.78 is 0. The minimum atomic E-state index is 0.293. The first-order chi connectivity index (χ1) is 8.08. The lowest BCUT2D eigenvalue weighted by Gasteiger charge is -2.25. The van der Waals surface area contributed by atoms with Crippen molar-refractivity contribution in [3.05, 3.63) is 17.0 Å². The Kier molecular flexibility index (Phi) is 3.84. The number of rotatable bonds is 5. The zero-order valence-electron chi connectivity index (χ0n) is 10.6. The first-order valence-electron chi connectivity index (χ1n) is 6.03. The van der Waals surface area contributed by atoms with E-state index in [-0.39, 0.29) is 0 Å². The number of anilines is 1. The quantitative estimate of drug-likeness (QED) is 0.819. The van der Waals surface area contributed by atoms with E-state index in [1.807, 2.05) is 6.92 Å². The molecule has 1 N–H and O–H groups in total. The minimum Gasteiger partial charge on any atom is -0.368 e. The standard InChI is InChI=1S/C12H19ClN4/c1-8-6-15-12(13)16-11(8)14-7-9(2)17(3)10-4-5-10/h6,9-10H,4-5,7H2,1-3H3,(H,14,15,16). The zero-order valence-corrected chi connectivity index (χ0v) is 11.3. The molecule has 1 aromatic rings. The Hall–Kier alpha value is -0.870. The molecule has 1 aromatic heterocycles. The van der Waals surface area contributed by atoms with Gasteiger partial charge in [0.1, 0.15) is 5.82 Å². The maximum absolute atomic E-state index is 5.78. The van der Waals surface area contributed by atoms with Gasteiger partial charge < -0.3 is 5.32 Å². The number of likely N-dealkylation sites (N-methyl/N-ethyl adjacent to an activating group) is 1. The van der Waals surface area contributed by atoms with Crippen LogP contribution in [0.2, 0.25) is 5.28 Å². The summed E-state index contributed by atoms with van der Waals surface area (Å²) in [4.78, 5) is 10.6. The molecule has 0 spiro atoms. The van der Waals surface area contributed by atoms with E-state index in [1.54, 1.807) is 6.20 Å². The molecule has 0 aliphatic heterocycles. The van der Waals surface area contributed by atoms with Gasteiger partial charge in [-0.15, -0.1) is 0 Å². The molecule has 1 saturated carbocycles. The topological polar surface area (TPSA) is 41.1 Å². The molecular weight excluding hydrogens is 236 g/mol. The molecule has 2 rings (SSSR count). The van der Waals surface area contributed by atoms with Gasteiger partial charge in [0.2, 0.25) is 5.28 Å². The number of hydrogen-bond donors (Lipinski definition) is 1. The van der Waals surface area contributed by atoms with Gasteiger partial charge in [0.05, 0.1) is 0 Å². The highest BCUT2D eigenvalue weighted by Gasteiger charge is 2.28. The molecule has 1 fully saturated rings. The third kappa shape index (κ3) is 3.30. The molecule has 0 saturated heterocycles. The van der Waals surface area contributed by atoms with Crippen molar-refractivity contribution >= 4 is 17.4 Å². The molecule has 1 aliphatic carbocycles. The molecule has 0 bridgehead atoms. The monoisotopic (exact) mass is 254 g/mol. The smallest absolute Gasteiger partial charge is 0.224 e. The van der Waals surface area contributed by atoms with Crippen LogP contribution >= 0.6 is 11.6 Å². The van der Waals surface area contributed by atoms with Gasteiger partial charge in [-0.3, -0.25) is 4.90 Å². The Balaban J connectivity index is 1.90. The van der Waals surface area contributed by atoms with Crippen LogP contribution in [0.25, 0.3) is 0 Å². The molecule has 94 valence electrons. The Bertz CT molecular complexity index is 392. The van der Waals surface area contributed by atoms with Crippen molar-refractivity contribution in [3.8, 4) is 0 Å². The summed E-state index contributed by atoms with van der Waals surface area (Å²) in [5.41, 5.74) is 1.02. The molecule has 5 heteroatoms. The number of nitrogens with zero attached hydrogens (tertiary/aromatic N) is 3. The van der Waals surface area contributed by atoms with Crippen molar-refractivity contribution in [2.24, 2.45) is 0 Å². The van der Waals surface area contributed by atoms with Gasteiger partial charge in [0, 0.05) is 30.4 Å². The molecule has 4 nitrogen and oxygen atoms in total. The van der Waals surface area contributed by atoms with Gasteiger partial charge >= 0.3 is 0 Å². The van der Waals surface area contributed by atoms with Crippen LogP contribution in [-0.4, -0.2) is 40.5 Å². The van der Waals surface area contributed by atoms with E-state index in [9.17, 15) is 0 Å². The van der Waals surface area contributed by atoms with Crippen molar-refractivity contribution < 1.29 is 0 Å². The molecule has 1 heterocycles. The summed E-state index contributed by atoms with van der Waals surface area (Å²) >= 11 is 5.78. The fraction of sp³-hybridized carbons (Fsp3) is 0.667. The molecule has 17 heavy (non-hydrogen) atoms. The van der Waals surface area contributed by atoms with E-state index in [1.165, 1.54) is 12.8 Å². The number of aromatic nitrogens is 2. The van der Waals surface area contributed by atoms with Crippen molar-refractivity contribution in [1.82, 2.24) is 14.9 Å². The lowest BCUT2D eigenvalue weighted by Crippen LogP contribution is -2.36. The van der Waals surface area contributed by atoms with E-state index in [4.69, 9.17) is 11.6 Å². The fourth-order valence-corrected chi connectivity index (χ4v) is 1.96. The Morgan fingerprint density at radius 2 is 2.29 bits per heavy atom. The van der Waals surface area contributed by atoms with Crippen molar-refractivity contribution in [3.63, 3.8) is 0 Å². The average Bonchev–Trinajstić information content (AvgIpc) is 3.13. The normalized spacial score (nSPS) is 17.2. The maximum Gasteiger partial charge on any atom is 0.224 e. The number of aryl methyl sites for hydroxylation is 1. The van der Waals surface area contributed by atoms with Gasteiger partial charge in [-0.1, -0.05) is 0 Å². The van der Waals surface area contributed by atoms with Crippen molar-refractivity contribution in [2.75, 3.05) is 18.9 Å². The average molecular weight is 255 g/mol. The van der Waals surface area contributed by atoms with Crippen LogP contribution in [0.1, 0.15) is 25.3 Å². The van der Waals surface area contributed by atoms with Gasteiger partial charge in [-0.25, -0.2) is 9.97 Å². The Morgan fingerprint density at radius 1 is 1.59 bits per heavy atom. The molecular formula is C12H19ClN4. The Morgan fingerprint density at radius 3 is 2.94 bits per heavy atom. The summed E-state index contributed by atoms with van der Waals surface area (Å²) in [6.45, 7) is 5.08. The second kappa shape index (κ2) is 5.19. The molecule has 1 atom stereocenters. The summed E-state index contributed by atoms with van der Waals surface area (Å²) in [5, 5.41) is 3.63. The highest BCUT2D eigenvalue weighted by atomic mass is 35.5. The van der Waals surface area contributed by atoms with E-state index >= 15 is 0 Å². The van der Waals surface area contributed by atoms with Crippen LogP contribution in [-0.2, 0) is 0 Å². The molecule has 0 radical (unpaired) electrons. The van der Waals surface area contributed by atoms with Gasteiger partial charge in [-0.2, -0.15) is 0 Å². The lowest BCUT2D eigenvalue weighted by atomic mass is 10.2. The fourth-order valence-electron chi connectivity index (χ4n) is 1.83. The first-order valence-corrected chi connectivity index (χ1v) is 6.40. The molecule has 0 aromatic carbocycles. The number of hydrogen-bond acceptors (Lipinski definition) is 4. The second-order valence-corrected chi connectivity index (χ2v) is 5.14. The molecule has 0 amide bonds. The summed E-state index contributed by atoms with van der Waals surface area (Å²) in [6, 6.07) is 1.28. The van der Waals surface area contributed by atoms with Crippen LogP contribution in [0.15, 0.2) is 6.20 Å². The SMILES string of the molecule is Cc1cnc(Cl)nc1NCC(C)N(C)C1CC1. The molecule has 1 aliphatic rings. The summed E-state index contributed by atoms with van der Waals surface area (Å²) in [6.07, 6.45) is 4.41. The van der Waals surface area contributed by atoms with E-state index in [0.717, 1.165) is 24.0 Å². The third-order valence-corrected chi connectivity index (χ3v) is 3.51. The first kappa shape index (κ1) is 12.6. The maximum atomic E-state index is 5.78. The van der Waals surface area contributed by atoms with Gasteiger partial charge in [0.15, 0.2) is 0 Å². The minimum absolute atomic E-state index is 0.293. The van der Waals surface area contributed by atoms with E-state index in [0.29, 0.717) is 11.3 Å². The molecule has 1 unspecified atom stereocenters. The number of halogens is 1. The van der Waals surface area contributed by atoms with Crippen LogP contribution in [0.4, 0.5) is 5.82 Å². The van der Waals surface area contributed by atoms with E-state index in [2.05, 4.69) is 34.2 Å². The van der Waals surface area contributed by atoms with E-state index < -0.39 is 0 Å². The van der Waals surface area contributed by atoms with Crippen molar-refractivity contribution in [2.45, 2.75) is 38.8 Å². The number of nitrogens with one attached hydrogen (secondary N) is 1. The van der Waals surface area contributed by atoms with Crippen LogP contribution < -0.4 is 5.32 Å². The van der Waals surface area contributed by atoms with Gasteiger partial charge in [-0.05, 0) is 45.3 Å². The lowest BCUT2D eigenvalue weighted by molar-refractivity contribution is 0.257. The second-order valence-electron chi connectivity index (χ2n) is 4.80. The largest absolute Gasteiger partial charge is 0.368 e. The van der Waals surface area contributed by atoms with Gasteiger partial charge in [0.25, 0.3) is 0 Å². The van der Waals surface area contributed by atoms with Crippen LogP contribution in [0, 0.1) is 6.92 Å². The summed E-state index contributed by atoms with van der Waals surface area (Å²) in [7, 11) is 2.18. The van der Waals surface area contributed by atoms with Crippen LogP contribution in [0.3, 0.4) is 0 Å². The van der Waals surface area contributed by atoms with Crippen LogP contribution in [0.5, 0.6) is 0 Å². The Labute approximate surface area is 107 Å². The third-order valence-electron chi connectivity index (χ3n) is 3.33. The highest BCUT2D eigenvalue weighted by Crippen LogP contribution is 2.27. The highest BCUT2D eigenvalue weighted by molar-refractivity contribution is 6.28. The summed E-state index contributed by atoms with van der Waals surface area (Å²) in [5.74, 6) is 0.834. The predicted molar refractivity (Wildman–Crippen MR) is 70.5 cm³/mol.